The van der Waals surface area contributed by atoms with Crippen molar-refractivity contribution >= 4 is 39.0 Å². The molecule has 1 rings (SSSR count). The first-order valence-corrected chi connectivity index (χ1v) is 4.93. The highest BCUT2D eigenvalue weighted by molar-refractivity contribution is 9.09. The summed E-state index contributed by atoms with van der Waals surface area (Å²) in [7, 11) is 0. The number of hydrogen-bond acceptors (Lipinski definition) is 3. The summed E-state index contributed by atoms with van der Waals surface area (Å²) in [6, 6.07) is 2.62. The lowest BCUT2D eigenvalue weighted by molar-refractivity contribution is 0.102. The monoisotopic (exact) mass is 263 g/mol. The molecule has 1 aromatic rings. The van der Waals surface area contributed by atoms with E-state index in [0.717, 1.165) is 0 Å². The number of phenolic OH excluding ortho intramolecular Hbond substituents is 1. The molecule has 0 saturated heterocycles. The molecule has 0 spiro atoms. The molecule has 0 bridgehead atoms. The summed E-state index contributed by atoms with van der Waals surface area (Å²) in [6.07, 6.45) is 0. The first-order valence-electron chi connectivity index (χ1n) is 3.43. The van der Waals surface area contributed by atoms with Crippen LogP contribution in [0.2, 0.25) is 5.02 Å². The Kier molecular flexibility index (Phi) is 3.17. The third kappa shape index (κ3) is 2.14. The zero-order valence-corrected chi connectivity index (χ0v) is 8.89. The zero-order chi connectivity index (χ0) is 10.0. The van der Waals surface area contributed by atoms with Crippen molar-refractivity contribution in [3.8, 4) is 5.75 Å². The first-order chi connectivity index (χ1) is 6.06. The van der Waals surface area contributed by atoms with Gasteiger partial charge in [0.1, 0.15) is 5.75 Å². The van der Waals surface area contributed by atoms with E-state index in [1.54, 1.807) is 0 Å². The average Bonchev–Trinajstić information content (AvgIpc) is 2.10. The number of carbonyl (C=O) groups excluding carboxylic acids is 1. The molecule has 1 aromatic carbocycles. The lowest BCUT2D eigenvalue weighted by atomic mass is 10.1. The van der Waals surface area contributed by atoms with Crippen molar-refractivity contribution in [1.82, 2.24) is 0 Å². The SMILES string of the molecule is Nc1cc(C(=O)CBr)c(O)cc1Cl. The van der Waals surface area contributed by atoms with Gasteiger partial charge in [0.2, 0.25) is 0 Å². The van der Waals surface area contributed by atoms with Crippen LogP contribution in [0.4, 0.5) is 5.69 Å². The molecule has 0 unspecified atom stereocenters. The molecule has 0 aromatic heterocycles. The summed E-state index contributed by atoms with van der Waals surface area (Å²) in [5, 5.41) is 9.72. The van der Waals surface area contributed by atoms with E-state index in [-0.39, 0.29) is 33.1 Å². The lowest BCUT2D eigenvalue weighted by Gasteiger charge is -2.04. The Morgan fingerprint density at radius 2 is 2.23 bits per heavy atom. The van der Waals surface area contributed by atoms with Gasteiger partial charge in [-0.2, -0.15) is 0 Å². The molecule has 3 nitrogen and oxygen atoms in total. The quantitative estimate of drug-likeness (QED) is 0.372. The van der Waals surface area contributed by atoms with Crippen LogP contribution in [-0.2, 0) is 0 Å². The van der Waals surface area contributed by atoms with E-state index < -0.39 is 0 Å². The van der Waals surface area contributed by atoms with Gasteiger partial charge in [-0.15, -0.1) is 0 Å². The molecule has 0 aliphatic heterocycles. The Morgan fingerprint density at radius 1 is 1.62 bits per heavy atom. The van der Waals surface area contributed by atoms with Gasteiger partial charge in [0.15, 0.2) is 5.78 Å². The number of rotatable bonds is 2. The fraction of sp³-hybridized carbons (Fsp3) is 0.125. The van der Waals surface area contributed by atoms with Gasteiger partial charge in [-0.1, -0.05) is 27.5 Å². The molecule has 0 saturated carbocycles. The molecular formula is C8H7BrClNO2. The van der Waals surface area contributed by atoms with Crippen LogP contribution >= 0.6 is 27.5 Å². The topological polar surface area (TPSA) is 63.3 Å². The van der Waals surface area contributed by atoms with E-state index in [2.05, 4.69) is 15.9 Å². The number of phenols is 1. The molecule has 0 aliphatic rings. The fourth-order valence-electron chi connectivity index (χ4n) is 0.875. The van der Waals surface area contributed by atoms with Crippen LogP contribution in [0.25, 0.3) is 0 Å². The van der Waals surface area contributed by atoms with Gasteiger partial charge in [-0.05, 0) is 6.07 Å². The van der Waals surface area contributed by atoms with Gasteiger partial charge in [0, 0.05) is 6.07 Å². The number of hydrogen-bond donors (Lipinski definition) is 2. The van der Waals surface area contributed by atoms with Crippen LogP contribution in [0.1, 0.15) is 10.4 Å². The second-order valence-electron chi connectivity index (χ2n) is 2.45. The minimum Gasteiger partial charge on any atom is -0.507 e. The highest BCUT2D eigenvalue weighted by atomic mass is 79.9. The maximum atomic E-state index is 11.2. The normalized spacial score (nSPS) is 10.0. The number of alkyl halides is 1. The lowest BCUT2D eigenvalue weighted by Crippen LogP contribution is -2.01. The van der Waals surface area contributed by atoms with Crippen molar-refractivity contribution in [2.75, 3.05) is 11.1 Å². The molecular weight excluding hydrogens is 257 g/mol. The van der Waals surface area contributed by atoms with E-state index in [4.69, 9.17) is 17.3 Å². The van der Waals surface area contributed by atoms with Crippen LogP contribution in [0.5, 0.6) is 5.75 Å². The summed E-state index contributed by atoms with van der Waals surface area (Å²) in [4.78, 5) is 11.2. The summed E-state index contributed by atoms with van der Waals surface area (Å²) in [5.74, 6) is -0.385. The van der Waals surface area contributed by atoms with E-state index in [9.17, 15) is 9.90 Å². The second-order valence-corrected chi connectivity index (χ2v) is 3.42. The van der Waals surface area contributed by atoms with Crippen molar-refractivity contribution in [2.45, 2.75) is 0 Å². The van der Waals surface area contributed by atoms with Crippen molar-refractivity contribution < 1.29 is 9.90 Å². The summed E-state index contributed by atoms with van der Waals surface area (Å²) < 4.78 is 0. The zero-order valence-electron chi connectivity index (χ0n) is 6.55. The highest BCUT2D eigenvalue weighted by Gasteiger charge is 2.11. The minimum absolute atomic E-state index is 0.141. The molecule has 0 fully saturated rings. The van der Waals surface area contributed by atoms with Crippen molar-refractivity contribution in [3.05, 3.63) is 22.7 Å². The first kappa shape index (κ1) is 10.3. The Labute approximate surface area is 88.6 Å². The third-order valence-corrected chi connectivity index (χ3v) is 2.37. The molecule has 3 N–H and O–H groups in total. The number of benzene rings is 1. The van der Waals surface area contributed by atoms with Crippen LogP contribution in [0, 0.1) is 0 Å². The molecule has 0 atom stereocenters. The predicted octanol–water partition coefficient (Wildman–Crippen LogP) is 2.21. The number of nitrogens with two attached hydrogens (primary N) is 1. The van der Waals surface area contributed by atoms with E-state index >= 15 is 0 Å². The number of Topliss-reactive ketones (excluding diaryl/α,β-unsaturated/α-hetero) is 1. The molecule has 5 heteroatoms. The van der Waals surface area contributed by atoms with Crippen LogP contribution in [0.3, 0.4) is 0 Å². The van der Waals surface area contributed by atoms with Crippen LogP contribution in [0.15, 0.2) is 12.1 Å². The van der Waals surface area contributed by atoms with Gasteiger partial charge in [0.25, 0.3) is 0 Å². The highest BCUT2D eigenvalue weighted by Crippen LogP contribution is 2.28. The van der Waals surface area contributed by atoms with Gasteiger partial charge in [-0.25, -0.2) is 0 Å². The summed E-state index contributed by atoms with van der Waals surface area (Å²) >= 11 is 8.62. The third-order valence-electron chi connectivity index (χ3n) is 1.54. The predicted molar refractivity (Wildman–Crippen MR) is 55.7 cm³/mol. The largest absolute Gasteiger partial charge is 0.507 e. The smallest absolute Gasteiger partial charge is 0.177 e. The number of anilines is 1. The molecule has 0 amide bonds. The minimum atomic E-state index is -0.235. The number of carbonyl (C=O) groups is 1. The molecule has 70 valence electrons. The van der Waals surface area contributed by atoms with Crippen molar-refractivity contribution in [2.24, 2.45) is 0 Å². The molecule has 13 heavy (non-hydrogen) atoms. The number of aromatic hydroxyl groups is 1. The Balaban J connectivity index is 3.23. The molecule has 0 radical (unpaired) electrons. The molecule has 0 heterocycles. The van der Waals surface area contributed by atoms with Gasteiger partial charge in [-0.3, -0.25) is 4.79 Å². The Hall–Kier alpha value is -0.740. The maximum Gasteiger partial charge on any atom is 0.177 e. The van der Waals surface area contributed by atoms with Crippen LogP contribution in [-0.4, -0.2) is 16.2 Å². The van der Waals surface area contributed by atoms with Crippen molar-refractivity contribution in [3.63, 3.8) is 0 Å². The molecule has 0 aliphatic carbocycles. The number of ketones is 1. The number of nitrogen functional groups attached to an aromatic ring is 1. The van der Waals surface area contributed by atoms with Crippen molar-refractivity contribution in [1.29, 1.82) is 0 Å². The summed E-state index contributed by atoms with van der Waals surface area (Å²) in [6.45, 7) is 0. The maximum absolute atomic E-state index is 11.2. The van der Waals surface area contributed by atoms with Crippen LogP contribution < -0.4 is 5.73 Å². The van der Waals surface area contributed by atoms with E-state index in [1.165, 1.54) is 12.1 Å². The standard InChI is InChI=1S/C8H7BrClNO2/c9-3-8(13)4-1-6(11)5(10)2-7(4)12/h1-2,12H,3,11H2. The Morgan fingerprint density at radius 3 is 2.77 bits per heavy atom. The van der Waals surface area contributed by atoms with Gasteiger partial charge >= 0.3 is 0 Å². The number of halogens is 2. The van der Waals surface area contributed by atoms with Gasteiger partial charge < -0.3 is 10.8 Å². The van der Waals surface area contributed by atoms with E-state index in [0.29, 0.717) is 0 Å². The second kappa shape index (κ2) is 3.98. The van der Waals surface area contributed by atoms with E-state index in [1.807, 2.05) is 0 Å². The summed E-state index contributed by atoms with van der Waals surface area (Å²) in [5.41, 5.74) is 5.93. The van der Waals surface area contributed by atoms with Gasteiger partial charge in [0.05, 0.1) is 21.6 Å². The Bertz CT molecular complexity index is 354. The fourth-order valence-corrected chi connectivity index (χ4v) is 1.33. The average molecular weight is 265 g/mol.